The van der Waals surface area contributed by atoms with Crippen LogP contribution in [0.2, 0.25) is 5.15 Å². The van der Waals surface area contributed by atoms with Crippen molar-refractivity contribution in [1.82, 2.24) is 10.2 Å². The molecule has 7 heteroatoms. The van der Waals surface area contributed by atoms with Gasteiger partial charge in [0.1, 0.15) is 14.9 Å². The van der Waals surface area contributed by atoms with Crippen molar-refractivity contribution < 1.29 is 8.42 Å². The van der Waals surface area contributed by atoms with Gasteiger partial charge >= 0.3 is 0 Å². The number of hydrogen-bond acceptors (Lipinski definition) is 5. The van der Waals surface area contributed by atoms with Crippen molar-refractivity contribution in [2.75, 3.05) is 17.8 Å². The lowest BCUT2D eigenvalue weighted by Gasteiger charge is -1.98. The highest BCUT2D eigenvalue weighted by atomic mass is 35.5. The Balaban J connectivity index is 2.43. The minimum atomic E-state index is -2.90. The van der Waals surface area contributed by atoms with E-state index in [1.165, 1.54) is 18.0 Å². The van der Waals surface area contributed by atoms with Gasteiger partial charge in [0.25, 0.3) is 0 Å². The molecule has 0 spiro atoms. The minimum Gasteiger partial charge on any atom is -0.229 e. The molecule has 14 heavy (non-hydrogen) atoms. The number of rotatable bonds is 4. The predicted octanol–water partition coefficient (Wildman–Crippen LogP) is 1.27. The van der Waals surface area contributed by atoms with Crippen LogP contribution in [0.15, 0.2) is 17.2 Å². The van der Waals surface area contributed by atoms with Crippen molar-refractivity contribution in [1.29, 1.82) is 0 Å². The van der Waals surface area contributed by atoms with E-state index in [1.54, 1.807) is 12.1 Å². The summed E-state index contributed by atoms with van der Waals surface area (Å²) in [4.78, 5) is 0. The molecule has 0 radical (unpaired) electrons. The molecule has 0 N–H and O–H groups in total. The summed E-state index contributed by atoms with van der Waals surface area (Å²) >= 11 is 6.88. The summed E-state index contributed by atoms with van der Waals surface area (Å²) in [6.45, 7) is 0. The molecule has 0 aromatic carbocycles. The lowest BCUT2D eigenvalue weighted by molar-refractivity contribution is 0.603. The Hall–Kier alpha value is -0.330. The number of halogens is 1. The SMILES string of the molecule is CS(=O)(=O)CCSc1ccc(Cl)nn1. The number of nitrogens with zero attached hydrogens (tertiary/aromatic N) is 2. The van der Waals surface area contributed by atoms with Gasteiger partial charge in [0.05, 0.1) is 5.75 Å². The van der Waals surface area contributed by atoms with Crippen LogP contribution in [-0.2, 0) is 9.84 Å². The Morgan fingerprint density at radius 3 is 2.64 bits per heavy atom. The van der Waals surface area contributed by atoms with E-state index in [-0.39, 0.29) is 5.75 Å². The molecule has 1 aromatic rings. The summed E-state index contributed by atoms with van der Waals surface area (Å²) in [5.74, 6) is 0.622. The molecule has 0 aliphatic carbocycles. The molecule has 0 aliphatic heterocycles. The number of hydrogen-bond donors (Lipinski definition) is 0. The topological polar surface area (TPSA) is 59.9 Å². The summed E-state index contributed by atoms with van der Waals surface area (Å²) in [6, 6.07) is 3.33. The van der Waals surface area contributed by atoms with Crippen LogP contribution in [-0.4, -0.2) is 36.4 Å². The molecule has 0 atom stereocenters. The third-order valence-electron chi connectivity index (χ3n) is 1.31. The van der Waals surface area contributed by atoms with E-state index in [0.717, 1.165) is 0 Å². The van der Waals surface area contributed by atoms with Crippen molar-refractivity contribution in [3.63, 3.8) is 0 Å². The summed E-state index contributed by atoms with van der Waals surface area (Å²) in [7, 11) is -2.90. The Bertz CT molecular complexity index is 391. The van der Waals surface area contributed by atoms with Gasteiger partial charge < -0.3 is 0 Å². The van der Waals surface area contributed by atoms with Crippen LogP contribution >= 0.6 is 23.4 Å². The molecule has 1 rings (SSSR count). The van der Waals surface area contributed by atoms with Gasteiger partial charge in [-0.25, -0.2) is 8.42 Å². The lowest BCUT2D eigenvalue weighted by Crippen LogP contribution is -2.05. The molecule has 0 saturated heterocycles. The zero-order chi connectivity index (χ0) is 10.6. The average molecular weight is 253 g/mol. The monoisotopic (exact) mass is 252 g/mol. The van der Waals surface area contributed by atoms with Crippen LogP contribution in [0.25, 0.3) is 0 Å². The Morgan fingerprint density at radius 2 is 2.14 bits per heavy atom. The quantitative estimate of drug-likeness (QED) is 0.756. The Labute approximate surface area is 92.0 Å². The van der Waals surface area contributed by atoms with E-state index in [9.17, 15) is 8.42 Å². The highest BCUT2D eigenvalue weighted by Gasteiger charge is 2.03. The van der Waals surface area contributed by atoms with Gasteiger partial charge in [0, 0.05) is 12.0 Å². The van der Waals surface area contributed by atoms with Crippen molar-refractivity contribution >= 4 is 33.2 Å². The first-order valence-corrected chi connectivity index (χ1v) is 7.19. The van der Waals surface area contributed by atoms with Crippen molar-refractivity contribution in [3.8, 4) is 0 Å². The van der Waals surface area contributed by atoms with E-state index >= 15 is 0 Å². The van der Waals surface area contributed by atoms with Gasteiger partial charge in [-0.1, -0.05) is 11.6 Å². The van der Waals surface area contributed by atoms with E-state index in [4.69, 9.17) is 11.6 Å². The zero-order valence-electron chi connectivity index (χ0n) is 7.47. The van der Waals surface area contributed by atoms with Gasteiger partial charge in [-0.3, -0.25) is 0 Å². The van der Waals surface area contributed by atoms with E-state index in [0.29, 0.717) is 15.9 Å². The fraction of sp³-hybridized carbons (Fsp3) is 0.429. The maximum atomic E-state index is 10.8. The number of aromatic nitrogens is 2. The molecule has 0 amide bonds. The highest BCUT2D eigenvalue weighted by molar-refractivity contribution is 8.00. The summed E-state index contributed by atoms with van der Waals surface area (Å²) in [5, 5.41) is 8.43. The van der Waals surface area contributed by atoms with E-state index < -0.39 is 9.84 Å². The van der Waals surface area contributed by atoms with Crippen molar-refractivity contribution in [3.05, 3.63) is 17.3 Å². The second kappa shape index (κ2) is 4.95. The molecule has 78 valence electrons. The predicted molar refractivity (Wildman–Crippen MR) is 57.5 cm³/mol. The molecule has 4 nitrogen and oxygen atoms in total. The van der Waals surface area contributed by atoms with Gasteiger partial charge in [0.15, 0.2) is 5.15 Å². The summed E-state index contributed by atoms with van der Waals surface area (Å²) in [5.41, 5.74) is 0. The molecule has 0 saturated carbocycles. The maximum Gasteiger partial charge on any atom is 0.151 e. The maximum absolute atomic E-state index is 10.8. The molecule has 1 heterocycles. The second-order valence-electron chi connectivity index (χ2n) is 2.67. The molecular weight excluding hydrogens is 244 g/mol. The molecule has 0 aliphatic rings. The molecule has 0 fully saturated rings. The largest absolute Gasteiger partial charge is 0.229 e. The molecule has 0 bridgehead atoms. The van der Waals surface area contributed by atoms with Crippen LogP contribution in [0.4, 0.5) is 0 Å². The average Bonchev–Trinajstić information content (AvgIpc) is 2.06. The smallest absolute Gasteiger partial charge is 0.151 e. The van der Waals surface area contributed by atoms with Crippen LogP contribution in [0.1, 0.15) is 0 Å². The number of thioether (sulfide) groups is 1. The first kappa shape index (κ1) is 11.7. The fourth-order valence-corrected chi connectivity index (χ4v) is 2.80. The van der Waals surface area contributed by atoms with Crippen LogP contribution in [0, 0.1) is 0 Å². The zero-order valence-corrected chi connectivity index (χ0v) is 9.86. The van der Waals surface area contributed by atoms with Crippen LogP contribution in [0.5, 0.6) is 0 Å². The second-order valence-corrected chi connectivity index (χ2v) is 6.43. The minimum absolute atomic E-state index is 0.141. The molecular formula is C7H9ClN2O2S2. The highest BCUT2D eigenvalue weighted by Crippen LogP contribution is 2.15. The van der Waals surface area contributed by atoms with Crippen LogP contribution in [0.3, 0.4) is 0 Å². The third kappa shape index (κ3) is 4.78. The Kier molecular flexibility index (Phi) is 4.15. The van der Waals surface area contributed by atoms with Crippen LogP contribution < -0.4 is 0 Å². The van der Waals surface area contributed by atoms with Gasteiger partial charge in [-0.05, 0) is 12.1 Å². The van der Waals surface area contributed by atoms with Gasteiger partial charge in [-0.15, -0.1) is 22.0 Å². The van der Waals surface area contributed by atoms with E-state index in [1.807, 2.05) is 0 Å². The standard InChI is InChI=1S/C7H9ClN2O2S2/c1-14(11,12)5-4-13-7-3-2-6(8)9-10-7/h2-3H,4-5H2,1H3. The first-order chi connectivity index (χ1) is 6.47. The van der Waals surface area contributed by atoms with Crippen molar-refractivity contribution in [2.45, 2.75) is 5.03 Å². The third-order valence-corrected chi connectivity index (χ3v) is 3.64. The van der Waals surface area contributed by atoms with E-state index in [2.05, 4.69) is 10.2 Å². The summed E-state index contributed by atoms with van der Waals surface area (Å²) < 4.78 is 21.6. The van der Waals surface area contributed by atoms with Gasteiger partial charge in [-0.2, -0.15) is 0 Å². The van der Waals surface area contributed by atoms with Gasteiger partial charge in [0.2, 0.25) is 0 Å². The fourth-order valence-electron chi connectivity index (χ4n) is 0.678. The molecule has 1 aromatic heterocycles. The lowest BCUT2D eigenvalue weighted by atomic mass is 10.6. The normalized spacial score (nSPS) is 11.6. The summed E-state index contributed by atoms with van der Waals surface area (Å²) in [6.07, 6.45) is 1.21. The molecule has 0 unspecified atom stereocenters. The Morgan fingerprint density at radius 1 is 1.43 bits per heavy atom. The number of sulfone groups is 1. The first-order valence-electron chi connectivity index (χ1n) is 3.77. The van der Waals surface area contributed by atoms with Crippen molar-refractivity contribution in [2.24, 2.45) is 0 Å².